The third kappa shape index (κ3) is 3.94. The SMILES string of the molecule is CCNc1cc(CC)nc(C2(OCC)CCCCCC2)n1. The summed E-state index contributed by atoms with van der Waals surface area (Å²) in [5, 5.41) is 3.33. The van der Waals surface area contributed by atoms with Gasteiger partial charge in [0, 0.05) is 24.9 Å². The highest BCUT2D eigenvalue weighted by Crippen LogP contribution is 2.38. The molecule has 0 amide bonds. The van der Waals surface area contributed by atoms with Crippen LogP contribution in [0.4, 0.5) is 5.82 Å². The number of anilines is 1. The number of rotatable bonds is 6. The van der Waals surface area contributed by atoms with Crippen LogP contribution in [0.15, 0.2) is 6.07 Å². The first-order valence-electron chi connectivity index (χ1n) is 8.50. The molecular weight excluding hydrogens is 262 g/mol. The third-order valence-corrected chi connectivity index (χ3v) is 4.24. The van der Waals surface area contributed by atoms with Crippen LogP contribution in [-0.2, 0) is 16.8 Å². The summed E-state index contributed by atoms with van der Waals surface area (Å²) >= 11 is 0. The second-order valence-corrected chi connectivity index (χ2v) is 5.79. The van der Waals surface area contributed by atoms with Gasteiger partial charge in [-0.15, -0.1) is 0 Å². The van der Waals surface area contributed by atoms with Crippen molar-refractivity contribution in [1.82, 2.24) is 9.97 Å². The Hall–Kier alpha value is -1.16. The molecule has 1 aromatic heterocycles. The van der Waals surface area contributed by atoms with Crippen molar-refractivity contribution < 1.29 is 4.74 Å². The fourth-order valence-electron chi connectivity index (χ4n) is 3.16. The lowest BCUT2D eigenvalue weighted by molar-refractivity contribution is -0.0624. The average Bonchev–Trinajstić information content (AvgIpc) is 2.74. The standard InChI is InChI=1S/C17H29N3O/c1-4-14-13-15(18-5-2)20-16(19-14)17(21-6-3)11-9-7-8-10-12-17/h13H,4-12H2,1-3H3,(H,18,19,20). The Bertz CT molecular complexity index is 440. The minimum atomic E-state index is -0.277. The minimum absolute atomic E-state index is 0.277. The van der Waals surface area contributed by atoms with Crippen LogP contribution in [0, 0.1) is 0 Å². The zero-order chi connectivity index (χ0) is 15.1. The first-order valence-corrected chi connectivity index (χ1v) is 8.50. The Morgan fingerprint density at radius 1 is 1.10 bits per heavy atom. The molecule has 1 heterocycles. The van der Waals surface area contributed by atoms with Crippen LogP contribution in [0.3, 0.4) is 0 Å². The highest BCUT2D eigenvalue weighted by atomic mass is 16.5. The summed E-state index contributed by atoms with van der Waals surface area (Å²) < 4.78 is 6.22. The fourth-order valence-corrected chi connectivity index (χ4v) is 3.16. The molecule has 4 nitrogen and oxygen atoms in total. The molecule has 0 atom stereocenters. The van der Waals surface area contributed by atoms with Crippen LogP contribution in [-0.4, -0.2) is 23.1 Å². The van der Waals surface area contributed by atoms with E-state index in [0.717, 1.165) is 49.8 Å². The molecule has 0 bridgehead atoms. The van der Waals surface area contributed by atoms with Crippen molar-refractivity contribution in [2.45, 2.75) is 71.3 Å². The van der Waals surface area contributed by atoms with Gasteiger partial charge in [0.25, 0.3) is 0 Å². The predicted octanol–water partition coefficient (Wildman–Crippen LogP) is 4.06. The molecule has 2 rings (SSSR count). The lowest BCUT2D eigenvalue weighted by Gasteiger charge is -2.31. The third-order valence-electron chi connectivity index (χ3n) is 4.24. The lowest BCUT2D eigenvalue weighted by Crippen LogP contribution is -2.32. The van der Waals surface area contributed by atoms with Gasteiger partial charge in [0.05, 0.1) is 0 Å². The number of aryl methyl sites for hydroxylation is 1. The normalized spacial score (nSPS) is 18.2. The van der Waals surface area contributed by atoms with Gasteiger partial charge < -0.3 is 10.1 Å². The van der Waals surface area contributed by atoms with E-state index >= 15 is 0 Å². The molecule has 4 heteroatoms. The molecule has 0 spiro atoms. The number of hydrogen-bond acceptors (Lipinski definition) is 4. The van der Waals surface area contributed by atoms with E-state index < -0.39 is 0 Å². The van der Waals surface area contributed by atoms with E-state index in [1.54, 1.807) is 0 Å². The summed E-state index contributed by atoms with van der Waals surface area (Å²) in [6, 6.07) is 2.06. The van der Waals surface area contributed by atoms with E-state index in [1.165, 1.54) is 25.7 Å². The molecule has 0 radical (unpaired) electrons. The van der Waals surface area contributed by atoms with Crippen molar-refractivity contribution in [2.24, 2.45) is 0 Å². The predicted molar refractivity (Wildman–Crippen MR) is 86.6 cm³/mol. The van der Waals surface area contributed by atoms with Crippen LogP contribution in [0.1, 0.15) is 70.8 Å². The number of ether oxygens (including phenoxy) is 1. The summed E-state index contributed by atoms with van der Waals surface area (Å²) in [4.78, 5) is 9.59. The zero-order valence-corrected chi connectivity index (χ0v) is 13.7. The summed E-state index contributed by atoms with van der Waals surface area (Å²) in [6.07, 6.45) is 8.01. The van der Waals surface area contributed by atoms with Crippen molar-refractivity contribution in [3.8, 4) is 0 Å². The minimum Gasteiger partial charge on any atom is -0.370 e. The molecule has 21 heavy (non-hydrogen) atoms. The van der Waals surface area contributed by atoms with Gasteiger partial charge in [-0.3, -0.25) is 0 Å². The second kappa shape index (κ2) is 7.74. The van der Waals surface area contributed by atoms with E-state index in [0.29, 0.717) is 0 Å². The van der Waals surface area contributed by atoms with Crippen molar-refractivity contribution in [1.29, 1.82) is 0 Å². The quantitative estimate of drug-likeness (QED) is 0.803. The molecule has 0 aliphatic heterocycles. The zero-order valence-electron chi connectivity index (χ0n) is 13.7. The molecule has 1 aliphatic carbocycles. The second-order valence-electron chi connectivity index (χ2n) is 5.79. The number of nitrogens with one attached hydrogen (secondary N) is 1. The average molecular weight is 291 g/mol. The topological polar surface area (TPSA) is 47.0 Å². The highest BCUT2D eigenvalue weighted by Gasteiger charge is 2.36. The number of hydrogen-bond donors (Lipinski definition) is 1. The van der Waals surface area contributed by atoms with Crippen molar-refractivity contribution in [3.63, 3.8) is 0 Å². The first-order chi connectivity index (χ1) is 10.2. The highest BCUT2D eigenvalue weighted by molar-refractivity contribution is 5.37. The van der Waals surface area contributed by atoms with E-state index in [-0.39, 0.29) is 5.60 Å². The summed E-state index contributed by atoms with van der Waals surface area (Å²) in [5.74, 6) is 1.82. The Morgan fingerprint density at radius 2 is 1.81 bits per heavy atom. The van der Waals surface area contributed by atoms with E-state index in [2.05, 4.69) is 32.2 Å². The molecule has 0 saturated heterocycles. The molecule has 0 unspecified atom stereocenters. The van der Waals surface area contributed by atoms with Gasteiger partial charge in [-0.2, -0.15) is 0 Å². The van der Waals surface area contributed by atoms with Gasteiger partial charge in [0.15, 0.2) is 5.82 Å². The summed E-state index contributed by atoms with van der Waals surface area (Å²) in [6.45, 7) is 7.90. The van der Waals surface area contributed by atoms with Crippen molar-refractivity contribution >= 4 is 5.82 Å². The number of aromatic nitrogens is 2. The van der Waals surface area contributed by atoms with E-state index in [1.807, 2.05) is 0 Å². The van der Waals surface area contributed by atoms with Gasteiger partial charge in [-0.1, -0.05) is 32.6 Å². The largest absolute Gasteiger partial charge is 0.370 e. The van der Waals surface area contributed by atoms with Gasteiger partial charge in [-0.25, -0.2) is 9.97 Å². The van der Waals surface area contributed by atoms with Gasteiger partial charge in [0.1, 0.15) is 11.4 Å². The maximum absolute atomic E-state index is 6.22. The molecule has 1 fully saturated rings. The molecular formula is C17H29N3O. The van der Waals surface area contributed by atoms with Crippen LogP contribution < -0.4 is 5.32 Å². The van der Waals surface area contributed by atoms with Crippen LogP contribution >= 0.6 is 0 Å². The maximum atomic E-state index is 6.22. The Morgan fingerprint density at radius 3 is 2.38 bits per heavy atom. The van der Waals surface area contributed by atoms with Crippen LogP contribution in [0.5, 0.6) is 0 Å². The molecule has 1 aliphatic rings. The van der Waals surface area contributed by atoms with Gasteiger partial charge in [-0.05, 0) is 33.1 Å². The fraction of sp³-hybridized carbons (Fsp3) is 0.765. The lowest BCUT2D eigenvalue weighted by atomic mass is 9.92. The Labute approximate surface area is 128 Å². The smallest absolute Gasteiger partial charge is 0.162 e. The Balaban J connectivity index is 2.40. The molecule has 1 aromatic rings. The summed E-state index contributed by atoms with van der Waals surface area (Å²) in [7, 11) is 0. The van der Waals surface area contributed by atoms with Crippen LogP contribution in [0.25, 0.3) is 0 Å². The van der Waals surface area contributed by atoms with Gasteiger partial charge in [0.2, 0.25) is 0 Å². The van der Waals surface area contributed by atoms with Crippen molar-refractivity contribution in [3.05, 3.63) is 17.6 Å². The van der Waals surface area contributed by atoms with Crippen molar-refractivity contribution in [2.75, 3.05) is 18.5 Å². The van der Waals surface area contributed by atoms with E-state index in [9.17, 15) is 0 Å². The maximum Gasteiger partial charge on any atom is 0.162 e. The summed E-state index contributed by atoms with van der Waals surface area (Å²) in [5.41, 5.74) is 0.819. The number of nitrogens with zero attached hydrogens (tertiary/aromatic N) is 2. The molecule has 1 saturated carbocycles. The van der Waals surface area contributed by atoms with E-state index in [4.69, 9.17) is 14.7 Å². The molecule has 118 valence electrons. The molecule has 0 aromatic carbocycles. The molecule has 1 N–H and O–H groups in total. The monoisotopic (exact) mass is 291 g/mol. The first kappa shape index (κ1) is 16.2. The Kier molecular flexibility index (Phi) is 5.97. The van der Waals surface area contributed by atoms with Gasteiger partial charge >= 0.3 is 0 Å². The van der Waals surface area contributed by atoms with Crippen LogP contribution in [0.2, 0.25) is 0 Å².